The number of nitrogens with one attached hydrogen (secondary N) is 1. The van der Waals surface area contributed by atoms with E-state index < -0.39 is 5.91 Å². The van der Waals surface area contributed by atoms with Crippen molar-refractivity contribution < 1.29 is 19.4 Å². The zero-order valence-electron chi connectivity index (χ0n) is 13.9. The molecule has 1 amide bonds. The number of methoxy groups -OCH3 is 2. The molecule has 3 rings (SSSR count). The van der Waals surface area contributed by atoms with Crippen LogP contribution in [0.2, 0.25) is 0 Å². The lowest BCUT2D eigenvalue weighted by molar-refractivity contribution is 0.102. The number of nitrogens with two attached hydrogens (primary N) is 1. The van der Waals surface area contributed by atoms with Gasteiger partial charge in [-0.25, -0.2) is 0 Å². The fourth-order valence-electron chi connectivity index (χ4n) is 2.57. The Hall–Kier alpha value is -3.41. The monoisotopic (exact) mass is 338 g/mol. The van der Waals surface area contributed by atoms with Crippen LogP contribution in [0.5, 0.6) is 17.2 Å². The zero-order chi connectivity index (χ0) is 18.0. The average molecular weight is 338 g/mol. The van der Waals surface area contributed by atoms with Crippen molar-refractivity contribution in [2.75, 3.05) is 25.3 Å². The molecule has 0 atom stereocenters. The lowest BCUT2D eigenvalue weighted by Crippen LogP contribution is -2.12. The molecule has 0 bridgehead atoms. The van der Waals surface area contributed by atoms with Gasteiger partial charge in [-0.1, -0.05) is 0 Å². The molecule has 0 unspecified atom stereocenters. The SMILES string of the molecule is COc1ccc(NC(=O)c2cc3cc(OC)ccc3c(N)c2O)cc1. The van der Waals surface area contributed by atoms with Crippen molar-refractivity contribution in [3.05, 3.63) is 54.1 Å². The number of phenolic OH excluding ortho intramolecular Hbond substituents is 1. The molecule has 0 heterocycles. The van der Waals surface area contributed by atoms with E-state index in [0.29, 0.717) is 28.0 Å². The van der Waals surface area contributed by atoms with Crippen molar-refractivity contribution in [2.45, 2.75) is 0 Å². The Balaban J connectivity index is 1.98. The van der Waals surface area contributed by atoms with Gasteiger partial charge in [0.1, 0.15) is 11.5 Å². The van der Waals surface area contributed by atoms with Crippen LogP contribution in [0.25, 0.3) is 10.8 Å². The van der Waals surface area contributed by atoms with E-state index in [1.807, 2.05) is 0 Å². The summed E-state index contributed by atoms with van der Waals surface area (Å²) in [4.78, 5) is 12.6. The number of benzene rings is 3. The maximum atomic E-state index is 12.6. The van der Waals surface area contributed by atoms with Crippen molar-refractivity contribution in [1.82, 2.24) is 0 Å². The molecule has 0 aliphatic carbocycles. The maximum absolute atomic E-state index is 12.6. The summed E-state index contributed by atoms with van der Waals surface area (Å²) in [5.41, 5.74) is 6.82. The minimum atomic E-state index is -0.459. The number of carbonyl (C=O) groups excluding carboxylic acids is 1. The van der Waals surface area contributed by atoms with Crippen molar-refractivity contribution in [2.24, 2.45) is 0 Å². The van der Waals surface area contributed by atoms with E-state index in [0.717, 1.165) is 0 Å². The summed E-state index contributed by atoms with van der Waals surface area (Å²) in [6.07, 6.45) is 0. The second kappa shape index (κ2) is 6.60. The molecule has 3 aromatic carbocycles. The molecule has 0 spiro atoms. The number of fused-ring (bicyclic) bond motifs is 1. The van der Waals surface area contributed by atoms with Gasteiger partial charge in [-0.2, -0.15) is 0 Å². The lowest BCUT2D eigenvalue weighted by Gasteiger charge is -2.12. The van der Waals surface area contributed by atoms with Crippen LogP contribution >= 0.6 is 0 Å². The number of hydrogen-bond donors (Lipinski definition) is 3. The molecule has 4 N–H and O–H groups in total. The summed E-state index contributed by atoms with van der Waals surface area (Å²) in [5, 5.41) is 14.4. The second-order valence-corrected chi connectivity index (χ2v) is 5.46. The van der Waals surface area contributed by atoms with Crippen LogP contribution < -0.4 is 20.5 Å². The number of rotatable bonds is 4. The van der Waals surface area contributed by atoms with E-state index in [1.54, 1.807) is 62.8 Å². The van der Waals surface area contributed by atoms with E-state index in [-0.39, 0.29) is 17.0 Å². The molecule has 0 fully saturated rings. The van der Waals surface area contributed by atoms with Gasteiger partial charge in [-0.15, -0.1) is 0 Å². The highest BCUT2D eigenvalue weighted by Gasteiger charge is 2.17. The van der Waals surface area contributed by atoms with E-state index >= 15 is 0 Å². The smallest absolute Gasteiger partial charge is 0.259 e. The first-order valence-corrected chi connectivity index (χ1v) is 7.58. The van der Waals surface area contributed by atoms with E-state index in [4.69, 9.17) is 15.2 Å². The molecule has 25 heavy (non-hydrogen) atoms. The summed E-state index contributed by atoms with van der Waals surface area (Å²) in [6, 6.07) is 13.7. The molecule has 0 radical (unpaired) electrons. The number of phenols is 1. The molecule has 0 saturated heterocycles. The fourth-order valence-corrected chi connectivity index (χ4v) is 2.57. The Labute approximate surface area is 144 Å². The molecule has 6 nitrogen and oxygen atoms in total. The summed E-state index contributed by atoms with van der Waals surface area (Å²) < 4.78 is 10.3. The van der Waals surface area contributed by atoms with Gasteiger partial charge >= 0.3 is 0 Å². The maximum Gasteiger partial charge on any atom is 0.259 e. The largest absolute Gasteiger partial charge is 0.505 e. The first kappa shape index (κ1) is 16.4. The highest BCUT2D eigenvalue weighted by atomic mass is 16.5. The molecule has 0 aliphatic rings. The summed E-state index contributed by atoms with van der Waals surface area (Å²) in [6.45, 7) is 0. The molecule has 6 heteroatoms. The first-order valence-electron chi connectivity index (χ1n) is 7.58. The normalized spacial score (nSPS) is 10.5. The number of ether oxygens (including phenoxy) is 2. The van der Waals surface area contributed by atoms with Crippen LogP contribution in [0.15, 0.2) is 48.5 Å². The van der Waals surface area contributed by atoms with Gasteiger partial charge in [0.05, 0.1) is 25.5 Å². The highest BCUT2D eigenvalue weighted by molar-refractivity contribution is 6.12. The quantitative estimate of drug-likeness (QED) is 0.501. The number of amides is 1. The van der Waals surface area contributed by atoms with Crippen LogP contribution in [0.4, 0.5) is 11.4 Å². The van der Waals surface area contributed by atoms with Gasteiger partial charge in [0.25, 0.3) is 5.91 Å². The Morgan fingerprint density at radius 2 is 1.64 bits per heavy atom. The highest BCUT2D eigenvalue weighted by Crippen LogP contribution is 2.35. The van der Waals surface area contributed by atoms with Crippen molar-refractivity contribution in [3.63, 3.8) is 0 Å². The standard InChI is InChI=1S/C19H18N2O4/c1-24-13-5-3-12(4-6-13)21-19(23)16-10-11-9-14(25-2)7-8-15(11)17(20)18(16)22/h3-10,22H,20H2,1-2H3,(H,21,23). The van der Waals surface area contributed by atoms with E-state index in [2.05, 4.69) is 5.32 Å². The molecule has 3 aromatic rings. The van der Waals surface area contributed by atoms with Gasteiger partial charge in [0.2, 0.25) is 0 Å². The Morgan fingerprint density at radius 1 is 1.00 bits per heavy atom. The van der Waals surface area contributed by atoms with Gasteiger partial charge in [0, 0.05) is 11.1 Å². The predicted molar refractivity (Wildman–Crippen MR) is 97.5 cm³/mol. The summed E-state index contributed by atoms with van der Waals surface area (Å²) >= 11 is 0. The fraction of sp³-hybridized carbons (Fsp3) is 0.105. The van der Waals surface area contributed by atoms with Crippen LogP contribution in [-0.2, 0) is 0 Å². The molecule has 0 aromatic heterocycles. The number of carbonyl (C=O) groups is 1. The third-order valence-corrected chi connectivity index (χ3v) is 3.95. The third-order valence-electron chi connectivity index (χ3n) is 3.95. The number of nitrogen functional groups attached to an aromatic ring is 1. The summed E-state index contributed by atoms with van der Waals surface area (Å²) in [7, 11) is 3.12. The minimum Gasteiger partial charge on any atom is -0.505 e. The summed E-state index contributed by atoms with van der Waals surface area (Å²) in [5.74, 6) is 0.616. The Kier molecular flexibility index (Phi) is 4.35. The van der Waals surface area contributed by atoms with Crippen LogP contribution in [0.1, 0.15) is 10.4 Å². The van der Waals surface area contributed by atoms with Gasteiger partial charge < -0.3 is 25.6 Å². The van der Waals surface area contributed by atoms with Gasteiger partial charge in [-0.05, 0) is 53.9 Å². The van der Waals surface area contributed by atoms with Crippen LogP contribution in [-0.4, -0.2) is 25.2 Å². The predicted octanol–water partition coefficient (Wildman–Crippen LogP) is 3.40. The van der Waals surface area contributed by atoms with Crippen LogP contribution in [0.3, 0.4) is 0 Å². The van der Waals surface area contributed by atoms with Crippen molar-refractivity contribution in [3.8, 4) is 17.2 Å². The Bertz CT molecular complexity index is 936. The number of aromatic hydroxyl groups is 1. The molecule has 128 valence electrons. The lowest BCUT2D eigenvalue weighted by atomic mass is 10.0. The van der Waals surface area contributed by atoms with E-state index in [1.165, 1.54) is 0 Å². The molecule has 0 saturated carbocycles. The second-order valence-electron chi connectivity index (χ2n) is 5.46. The number of hydrogen-bond acceptors (Lipinski definition) is 5. The van der Waals surface area contributed by atoms with Crippen LogP contribution in [0, 0.1) is 0 Å². The Morgan fingerprint density at radius 3 is 2.28 bits per heavy atom. The average Bonchev–Trinajstić information content (AvgIpc) is 2.64. The van der Waals surface area contributed by atoms with Crippen molar-refractivity contribution in [1.29, 1.82) is 0 Å². The molecular formula is C19H18N2O4. The minimum absolute atomic E-state index is 0.0917. The van der Waals surface area contributed by atoms with Crippen molar-refractivity contribution >= 4 is 28.1 Å². The molecule has 0 aliphatic heterocycles. The van der Waals surface area contributed by atoms with E-state index in [9.17, 15) is 9.90 Å². The van der Waals surface area contributed by atoms with Gasteiger partial charge in [-0.3, -0.25) is 4.79 Å². The topological polar surface area (TPSA) is 93.8 Å². The third kappa shape index (κ3) is 3.14. The van der Waals surface area contributed by atoms with Gasteiger partial charge in [0.15, 0.2) is 5.75 Å². The zero-order valence-corrected chi connectivity index (χ0v) is 13.9. The first-order chi connectivity index (χ1) is 12.0. The number of anilines is 2. The molecular weight excluding hydrogens is 320 g/mol.